The van der Waals surface area contributed by atoms with E-state index in [1.807, 2.05) is 44.2 Å². The van der Waals surface area contributed by atoms with Gasteiger partial charge in [-0.15, -0.1) is 0 Å². The standard InChI is InChI=1S/C18H25NO3/c1-18(2,14-22-13-15-9-5-3-6-10-15)17(21)19-12-8-4-7-11-16(19)20/h3,5-6,9-10H,4,7-8,11-14H2,1-2H3. The van der Waals surface area contributed by atoms with Crippen molar-refractivity contribution in [2.45, 2.75) is 46.1 Å². The molecule has 2 rings (SSSR count). The molecule has 1 aliphatic rings. The number of ether oxygens (including phenoxy) is 1. The number of amides is 2. The van der Waals surface area contributed by atoms with Gasteiger partial charge in [0.05, 0.1) is 18.6 Å². The maximum Gasteiger partial charge on any atom is 0.237 e. The summed E-state index contributed by atoms with van der Waals surface area (Å²) in [4.78, 5) is 26.1. The lowest BCUT2D eigenvalue weighted by molar-refractivity contribution is -0.152. The van der Waals surface area contributed by atoms with Gasteiger partial charge in [0.1, 0.15) is 0 Å². The third kappa shape index (κ3) is 4.41. The molecule has 1 fully saturated rings. The van der Waals surface area contributed by atoms with Crippen LogP contribution in [0.1, 0.15) is 45.1 Å². The van der Waals surface area contributed by atoms with E-state index in [4.69, 9.17) is 4.74 Å². The lowest BCUT2D eigenvalue weighted by Gasteiger charge is -2.29. The predicted octanol–water partition coefficient (Wildman–Crippen LogP) is 3.16. The van der Waals surface area contributed by atoms with Crippen LogP contribution >= 0.6 is 0 Å². The van der Waals surface area contributed by atoms with Crippen LogP contribution in [0, 0.1) is 5.41 Å². The van der Waals surface area contributed by atoms with Gasteiger partial charge >= 0.3 is 0 Å². The summed E-state index contributed by atoms with van der Waals surface area (Å²) in [5, 5.41) is 0. The normalized spacial score (nSPS) is 16.5. The molecular weight excluding hydrogens is 278 g/mol. The Kier molecular flexibility index (Phi) is 5.72. The van der Waals surface area contributed by atoms with E-state index in [0.717, 1.165) is 24.8 Å². The summed E-state index contributed by atoms with van der Waals surface area (Å²) in [5.74, 6) is -0.161. The fourth-order valence-electron chi connectivity index (χ4n) is 2.62. The smallest absolute Gasteiger partial charge is 0.237 e. The first-order chi connectivity index (χ1) is 10.5. The van der Waals surface area contributed by atoms with E-state index in [-0.39, 0.29) is 11.8 Å². The summed E-state index contributed by atoms with van der Waals surface area (Å²) in [6.07, 6.45) is 3.28. The van der Waals surface area contributed by atoms with Gasteiger partial charge in [-0.3, -0.25) is 14.5 Å². The van der Waals surface area contributed by atoms with Crippen molar-refractivity contribution in [1.82, 2.24) is 4.90 Å². The molecule has 2 amide bonds. The molecule has 0 aliphatic carbocycles. The van der Waals surface area contributed by atoms with E-state index in [2.05, 4.69) is 0 Å². The fraction of sp³-hybridized carbons (Fsp3) is 0.556. The molecule has 1 heterocycles. The average molecular weight is 303 g/mol. The number of rotatable bonds is 5. The Morgan fingerprint density at radius 3 is 2.64 bits per heavy atom. The second kappa shape index (κ2) is 7.54. The Morgan fingerprint density at radius 1 is 1.18 bits per heavy atom. The molecule has 0 aromatic heterocycles. The largest absolute Gasteiger partial charge is 0.376 e. The van der Waals surface area contributed by atoms with Crippen molar-refractivity contribution in [2.75, 3.05) is 13.2 Å². The molecule has 4 nitrogen and oxygen atoms in total. The highest BCUT2D eigenvalue weighted by molar-refractivity contribution is 5.98. The Hall–Kier alpha value is -1.68. The van der Waals surface area contributed by atoms with Gasteiger partial charge < -0.3 is 4.74 Å². The SMILES string of the molecule is CC(C)(COCc1ccccc1)C(=O)N1CCCCCC1=O. The number of benzene rings is 1. The molecule has 0 radical (unpaired) electrons. The van der Waals surface area contributed by atoms with Gasteiger partial charge in [-0.2, -0.15) is 0 Å². The minimum Gasteiger partial charge on any atom is -0.376 e. The molecule has 0 N–H and O–H groups in total. The van der Waals surface area contributed by atoms with Crippen LogP contribution in [0.5, 0.6) is 0 Å². The molecule has 1 aromatic carbocycles. The van der Waals surface area contributed by atoms with Crippen LogP contribution in [-0.2, 0) is 20.9 Å². The van der Waals surface area contributed by atoms with Crippen LogP contribution < -0.4 is 0 Å². The van der Waals surface area contributed by atoms with Crippen molar-refractivity contribution in [1.29, 1.82) is 0 Å². The third-order valence-electron chi connectivity index (χ3n) is 3.97. The number of carbonyl (C=O) groups excluding carboxylic acids is 2. The van der Waals surface area contributed by atoms with Crippen LogP contribution in [0.15, 0.2) is 30.3 Å². The minimum atomic E-state index is -0.686. The van der Waals surface area contributed by atoms with Crippen LogP contribution in [0.2, 0.25) is 0 Å². The number of likely N-dealkylation sites (tertiary alicyclic amines) is 1. The first kappa shape index (κ1) is 16.7. The zero-order chi connectivity index (χ0) is 16.0. The van der Waals surface area contributed by atoms with Crippen molar-refractivity contribution in [3.63, 3.8) is 0 Å². The van der Waals surface area contributed by atoms with Crippen molar-refractivity contribution < 1.29 is 14.3 Å². The van der Waals surface area contributed by atoms with Crippen LogP contribution in [0.4, 0.5) is 0 Å². The molecule has 0 bridgehead atoms. The number of imide groups is 1. The zero-order valence-electron chi connectivity index (χ0n) is 13.5. The summed E-state index contributed by atoms with van der Waals surface area (Å²) < 4.78 is 5.70. The maximum absolute atomic E-state index is 12.7. The molecule has 1 saturated heterocycles. The molecular formula is C18H25NO3. The first-order valence-corrected chi connectivity index (χ1v) is 7.97. The van der Waals surface area contributed by atoms with Gasteiger partial charge in [0, 0.05) is 13.0 Å². The Morgan fingerprint density at radius 2 is 1.91 bits per heavy atom. The first-order valence-electron chi connectivity index (χ1n) is 7.97. The highest BCUT2D eigenvalue weighted by Gasteiger charge is 2.35. The maximum atomic E-state index is 12.7. The number of nitrogens with zero attached hydrogens (tertiary/aromatic N) is 1. The van der Waals surface area contributed by atoms with E-state index in [9.17, 15) is 9.59 Å². The molecule has 0 spiro atoms. The Balaban J connectivity index is 1.90. The average Bonchev–Trinajstić information content (AvgIpc) is 2.72. The highest BCUT2D eigenvalue weighted by Crippen LogP contribution is 2.23. The summed E-state index contributed by atoms with van der Waals surface area (Å²) in [5.41, 5.74) is 0.394. The van der Waals surface area contributed by atoms with E-state index < -0.39 is 5.41 Å². The van der Waals surface area contributed by atoms with Crippen LogP contribution in [0.25, 0.3) is 0 Å². The van der Waals surface area contributed by atoms with Crippen molar-refractivity contribution in [3.8, 4) is 0 Å². The minimum absolute atomic E-state index is 0.0429. The Bertz CT molecular complexity index is 510. The van der Waals surface area contributed by atoms with Gasteiger partial charge in [-0.25, -0.2) is 0 Å². The molecule has 22 heavy (non-hydrogen) atoms. The monoisotopic (exact) mass is 303 g/mol. The molecule has 1 aromatic rings. The number of carbonyl (C=O) groups is 2. The molecule has 120 valence electrons. The topological polar surface area (TPSA) is 46.6 Å². The van der Waals surface area contributed by atoms with Gasteiger partial charge in [0.15, 0.2) is 0 Å². The zero-order valence-corrected chi connectivity index (χ0v) is 13.5. The summed E-state index contributed by atoms with van der Waals surface area (Å²) in [7, 11) is 0. The summed E-state index contributed by atoms with van der Waals surface area (Å²) in [6.45, 7) is 5.02. The molecule has 0 unspecified atom stereocenters. The van der Waals surface area contributed by atoms with Gasteiger partial charge in [-0.1, -0.05) is 36.8 Å². The number of hydrogen-bond donors (Lipinski definition) is 0. The van der Waals surface area contributed by atoms with Gasteiger partial charge in [0.25, 0.3) is 0 Å². The lowest BCUT2D eigenvalue weighted by atomic mass is 9.92. The summed E-state index contributed by atoms with van der Waals surface area (Å²) >= 11 is 0. The van der Waals surface area contributed by atoms with Crippen molar-refractivity contribution >= 4 is 11.8 Å². The highest BCUT2D eigenvalue weighted by atomic mass is 16.5. The molecule has 4 heteroatoms. The Labute approximate surface area is 132 Å². The van der Waals surface area contributed by atoms with Crippen LogP contribution in [-0.4, -0.2) is 29.9 Å². The van der Waals surface area contributed by atoms with Gasteiger partial charge in [-0.05, 0) is 32.3 Å². The van der Waals surface area contributed by atoms with Crippen molar-refractivity contribution in [2.24, 2.45) is 5.41 Å². The second-order valence-corrected chi connectivity index (χ2v) is 6.52. The molecule has 1 aliphatic heterocycles. The third-order valence-corrected chi connectivity index (χ3v) is 3.97. The quantitative estimate of drug-likeness (QED) is 0.839. The van der Waals surface area contributed by atoms with Crippen molar-refractivity contribution in [3.05, 3.63) is 35.9 Å². The van der Waals surface area contributed by atoms with Crippen LogP contribution in [0.3, 0.4) is 0 Å². The second-order valence-electron chi connectivity index (χ2n) is 6.52. The fourth-order valence-corrected chi connectivity index (χ4v) is 2.62. The molecule has 0 saturated carbocycles. The van der Waals surface area contributed by atoms with E-state index in [1.165, 1.54) is 4.90 Å². The van der Waals surface area contributed by atoms with E-state index >= 15 is 0 Å². The van der Waals surface area contributed by atoms with E-state index in [1.54, 1.807) is 0 Å². The molecule has 0 atom stereocenters. The van der Waals surface area contributed by atoms with E-state index in [0.29, 0.717) is 26.2 Å². The number of hydrogen-bond acceptors (Lipinski definition) is 3. The lowest BCUT2D eigenvalue weighted by Crippen LogP contribution is -2.46. The van der Waals surface area contributed by atoms with Gasteiger partial charge in [0.2, 0.25) is 11.8 Å². The predicted molar refractivity (Wildman–Crippen MR) is 85.1 cm³/mol. The summed E-state index contributed by atoms with van der Waals surface area (Å²) in [6, 6.07) is 9.87.